The number of hydrogen-bond acceptors (Lipinski definition) is 5. The lowest BCUT2D eigenvalue weighted by Gasteiger charge is -2.62. The van der Waals surface area contributed by atoms with Gasteiger partial charge in [0, 0.05) is 23.9 Å². The fourth-order valence-corrected chi connectivity index (χ4v) is 7.38. The van der Waals surface area contributed by atoms with E-state index in [1.165, 1.54) is 19.3 Å². The van der Waals surface area contributed by atoms with Gasteiger partial charge >= 0.3 is 0 Å². The summed E-state index contributed by atoms with van der Waals surface area (Å²) in [4.78, 5) is 24.8. The van der Waals surface area contributed by atoms with Crippen molar-refractivity contribution in [3.05, 3.63) is 23.8 Å². The number of rotatable bonds is 3. The van der Waals surface area contributed by atoms with Crippen molar-refractivity contribution in [1.29, 1.82) is 0 Å². The number of methoxy groups -OCH3 is 1. The molecule has 0 radical (unpaired) electrons. The first-order valence-corrected chi connectivity index (χ1v) is 10.5. The van der Waals surface area contributed by atoms with Crippen LogP contribution in [-0.2, 0) is 14.3 Å². The summed E-state index contributed by atoms with van der Waals surface area (Å²) in [5.74, 6) is -1.67. The van der Waals surface area contributed by atoms with E-state index >= 15 is 4.39 Å². The van der Waals surface area contributed by atoms with E-state index in [1.807, 2.05) is 13.8 Å². The molecule has 2 N–H and O–H groups in total. The molecule has 0 amide bonds. The van der Waals surface area contributed by atoms with E-state index in [1.54, 1.807) is 13.0 Å². The summed E-state index contributed by atoms with van der Waals surface area (Å²) in [6.07, 6.45) is 4.72. The summed E-state index contributed by atoms with van der Waals surface area (Å²) in [6.45, 7) is 5.21. The second-order valence-electron chi connectivity index (χ2n) is 10.0. The summed E-state index contributed by atoms with van der Waals surface area (Å²) in [5.41, 5.74) is -4.89. The second kappa shape index (κ2) is 6.32. The number of Topliss-reactive ketones (excluding diaryl/α,β-unsaturated/α-hetero) is 1. The summed E-state index contributed by atoms with van der Waals surface area (Å²) < 4.78 is 22.0. The average Bonchev–Trinajstić information content (AvgIpc) is 2.85. The molecule has 6 heteroatoms. The molecular formula is C23H31FO5. The number of ketones is 2. The first-order chi connectivity index (χ1) is 13.5. The molecule has 8 atom stereocenters. The van der Waals surface area contributed by atoms with Crippen LogP contribution in [0.15, 0.2) is 23.8 Å². The van der Waals surface area contributed by atoms with Crippen molar-refractivity contribution in [2.45, 2.75) is 63.8 Å². The van der Waals surface area contributed by atoms with E-state index < -0.39 is 39.9 Å². The Morgan fingerprint density at radius 2 is 2.03 bits per heavy atom. The fourth-order valence-electron chi connectivity index (χ4n) is 7.38. The molecule has 0 spiro atoms. The molecule has 4 aliphatic rings. The molecule has 0 aliphatic heterocycles. The zero-order valence-electron chi connectivity index (χ0n) is 17.6. The lowest BCUT2D eigenvalue weighted by atomic mass is 9.44. The van der Waals surface area contributed by atoms with E-state index in [-0.39, 0.29) is 30.6 Å². The smallest absolute Gasteiger partial charge is 0.190 e. The number of carbonyl (C=O) groups is 2. The number of allylic oxidation sites excluding steroid dienone is 4. The Morgan fingerprint density at radius 3 is 2.69 bits per heavy atom. The number of alkyl halides is 1. The number of carbonyl (C=O) groups excluding carboxylic acids is 2. The van der Waals surface area contributed by atoms with Gasteiger partial charge in [-0.2, -0.15) is 0 Å². The maximum Gasteiger partial charge on any atom is 0.190 e. The standard InChI is InChI=1S/C23H31FO5/c1-13-9-17-16-6-5-14-10-15(25)7-8-20(14,2)22(16,24)18(26)11-21(17,3)23(13,28)19(27)12-29-4/h7-8,10,13,16-18,26,28H,5-6,9,11-12H2,1-4H3/t13-,16-,17-,18-,20-,21-,22-,23-/m0/s1. The molecule has 0 aromatic rings. The minimum Gasteiger partial charge on any atom is -0.390 e. The molecule has 3 fully saturated rings. The second-order valence-corrected chi connectivity index (χ2v) is 10.0. The molecule has 0 aromatic carbocycles. The minimum atomic E-state index is -1.95. The number of fused-ring (bicyclic) bond motifs is 5. The van der Waals surface area contributed by atoms with Crippen molar-refractivity contribution in [3.63, 3.8) is 0 Å². The Hall–Kier alpha value is -1.37. The van der Waals surface area contributed by atoms with Crippen LogP contribution in [0, 0.1) is 28.6 Å². The van der Waals surface area contributed by atoms with Crippen LogP contribution in [0.2, 0.25) is 0 Å². The molecule has 5 nitrogen and oxygen atoms in total. The first-order valence-electron chi connectivity index (χ1n) is 10.5. The Bertz CT molecular complexity index is 820. The van der Waals surface area contributed by atoms with Crippen LogP contribution in [-0.4, -0.2) is 52.9 Å². The SMILES string of the molecule is COCC(=O)[C@@]1(O)[C@@H](C)C[C@H]2[C@@H]3CCC4=CC(=O)C=C[C@]4(C)[C@@]3(F)[C@@H](O)C[C@@]21C. The highest BCUT2D eigenvalue weighted by Crippen LogP contribution is 2.70. The van der Waals surface area contributed by atoms with Gasteiger partial charge in [-0.15, -0.1) is 0 Å². The van der Waals surface area contributed by atoms with Crippen LogP contribution in [0.4, 0.5) is 4.39 Å². The molecular weight excluding hydrogens is 375 g/mol. The molecule has 3 saturated carbocycles. The van der Waals surface area contributed by atoms with Crippen molar-refractivity contribution in [1.82, 2.24) is 0 Å². The Balaban J connectivity index is 1.81. The average molecular weight is 406 g/mol. The number of ether oxygens (including phenoxy) is 1. The van der Waals surface area contributed by atoms with Gasteiger partial charge in [-0.25, -0.2) is 4.39 Å². The van der Waals surface area contributed by atoms with E-state index in [2.05, 4.69) is 0 Å². The first kappa shape index (κ1) is 20.9. The normalized spacial score (nSPS) is 51.1. The summed E-state index contributed by atoms with van der Waals surface area (Å²) in [6, 6.07) is 0. The minimum absolute atomic E-state index is 0.00832. The highest BCUT2D eigenvalue weighted by atomic mass is 19.1. The summed E-state index contributed by atoms with van der Waals surface area (Å²) in [7, 11) is 1.41. The Kier molecular flexibility index (Phi) is 4.55. The molecule has 4 aliphatic carbocycles. The lowest BCUT2D eigenvalue weighted by molar-refractivity contribution is -0.219. The van der Waals surface area contributed by atoms with Crippen LogP contribution < -0.4 is 0 Å². The highest BCUT2D eigenvalue weighted by Gasteiger charge is 2.75. The highest BCUT2D eigenvalue weighted by molar-refractivity contribution is 6.01. The third kappa shape index (κ3) is 2.31. The number of aliphatic hydroxyl groups excluding tert-OH is 1. The Labute approximate surface area is 171 Å². The van der Waals surface area contributed by atoms with E-state index in [0.717, 1.165) is 5.57 Å². The van der Waals surface area contributed by atoms with E-state index in [4.69, 9.17) is 4.74 Å². The van der Waals surface area contributed by atoms with Crippen molar-refractivity contribution in [3.8, 4) is 0 Å². The molecule has 160 valence electrons. The maximum atomic E-state index is 16.9. The van der Waals surface area contributed by atoms with Crippen LogP contribution in [0.25, 0.3) is 0 Å². The predicted molar refractivity (Wildman–Crippen MR) is 105 cm³/mol. The van der Waals surface area contributed by atoms with Crippen molar-refractivity contribution < 1.29 is 28.9 Å². The topological polar surface area (TPSA) is 83.8 Å². The van der Waals surface area contributed by atoms with Gasteiger partial charge < -0.3 is 14.9 Å². The van der Waals surface area contributed by atoms with Crippen molar-refractivity contribution in [2.75, 3.05) is 13.7 Å². The summed E-state index contributed by atoms with van der Waals surface area (Å²) >= 11 is 0. The van der Waals surface area contributed by atoms with Crippen molar-refractivity contribution in [2.24, 2.45) is 28.6 Å². The molecule has 0 heterocycles. The zero-order chi connectivity index (χ0) is 21.4. The molecule has 4 rings (SSSR count). The largest absolute Gasteiger partial charge is 0.390 e. The van der Waals surface area contributed by atoms with Gasteiger partial charge in [0.2, 0.25) is 0 Å². The number of halogens is 1. The molecule has 0 bridgehead atoms. The van der Waals surface area contributed by atoms with E-state index in [9.17, 15) is 19.8 Å². The van der Waals surface area contributed by atoms with Gasteiger partial charge in [0.1, 0.15) is 12.2 Å². The maximum absolute atomic E-state index is 16.9. The Morgan fingerprint density at radius 1 is 1.34 bits per heavy atom. The number of hydrogen-bond donors (Lipinski definition) is 2. The van der Waals surface area contributed by atoms with Crippen LogP contribution >= 0.6 is 0 Å². The van der Waals surface area contributed by atoms with Crippen LogP contribution in [0.5, 0.6) is 0 Å². The van der Waals surface area contributed by atoms with Gasteiger partial charge in [-0.1, -0.05) is 25.5 Å². The third-order valence-electron chi connectivity index (χ3n) is 8.92. The molecule has 0 unspecified atom stereocenters. The zero-order valence-corrected chi connectivity index (χ0v) is 17.6. The fraction of sp³-hybridized carbons (Fsp3) is 0.739. The lowest BCUT2D eigenvalue weighted by Crippen LogP contribution is -2.69. The van der Waals surface area contributed by atoms with Gasteiger partial charge in [-0.05, 0) is 56.6 Å². The number of aliphatic hydroxyl groups is 2. The van der Waals surface area contributed by atoms with Crippen LogP contribution in [0.1, 0.15) is 46.5 Å². The quantitative estimate of drug-likeness (QED) is 0.753. The van der Waals surface area contributed by atoms with Crippen LogP contribution in [0.3, 0.4) is 0 Å². The molecule has 0 saturated heterocycles. The van der Waals surface area contributed by atoms with Gasteiger partial charge in [0.15, 0.2) is 17.2 Å². The third-order valence-corrected chi connectivity index (χ3v) is 8.92. The summed E-state index contributed by atoms with van der Waals surface area (Å²) in [5, 5.41) is 22.8. The van der Waals surface area contributed by atoms with Gasteiger partial charge in [0.25, 0.3) is 0 Å². The molecule has 0 aromatic heterocycles. The molecule has 29 heavy (non-hydrogen) atoms. The van der Waals surface area contributed by atoms with Crippen molar-refractivity contribution >= 4 is 11.6 Å². The predicted octanol–water partition coefficient (Wildman–Crippen LogP) is 2.55. The van der Waals surface area contributed by atoms with Gasteiger partial charge in [0.05, 0.1) is 6.10 Å². The monoisotopic (exact) mass is 406 g/mol. The van der Waals surface area contributed by atoms with E-state index in [0.29, 0.717) is 19.3 Å². The van der Waals surface area contributed by atoms with Gasteiger partial charge in [-0.3, -0.25) is 9.59 Å².